The predicted molar refractivity (Wildman–Crippen MR) is 31.3 cm³/mol. The van der Waals surface area contributed by atoms with Crippen LogP contribution in [0.5, 0.6) is 0 Å². The van der Waals surface area contributed by atoms with Gasteiger partial charge in [0, 0.05) is 12.1 Å². The van der Waals surface area contributed by atoms with Gasteiger partial charge in [0.25, 0.3) is 0 Å². The Hall–Kier alpha value is -0.790. The molecule has 2 heteroatoms. The van der Waals surface area contributed by atoms with Crippen LogP contribution in [-0.2, 0) is 0 Å². The Balaban J connectivity index is 3.35. The first-order chi connectivity index (χ1) is 3.31. The van der Waals surface area contributed by atoms with Gasteiger partial charge in [0.2, 0.25) is 0 Å². The molecule has 0 aliphatic rings. The maximum absolute atomic E-state index is 6.68. The van der Waals surface area contributed by atoms with Gasteiger partial charge in [-0.05, 0) is 6.20 Å². The van der Waals surface area contributed by atoms with E-state index in [1.807, 2.05) is 6.92 Å². The number of nitrogens with two attached hydrogens (primary N) is 1. The molecule has 0 saturated heterocycles. The normalized spacial score (nSPS) is 14.4. The summed E-state index contributed by atoms with van der Waals surface area (Å²) >= 11 is 0. The molecule has 0 heterocycles. The fourth-order valence-electron chi connectivity index (χ4n) is 0.231. The van der Waals surface area contributed by atoms with Crippen molar-refractivity contribution in [3.8, 4) is 0 Å². The molecule has 7 heavy (non-hydrogen) atoms. The molecule has 0 spiro atoms. The molecule has 3 N–H and O–H groups in total. The molecule has 0 fully saturated rings. The average molecular weight is 98.1 g/mol. The molecule has 0 saturated carbocycles. The third kappa shape index (κ3) is 3.03. The Morgan fingerprint density at radius 2 is 2.29 bits per heavy atom. The van der Waals surface area contributed by atoms with Crippen molar-refractivity contribution in [1.29, 1.82) is 5.41 Å². The zero-order valence-corrected chi connectivity index (χ0v) is 4.39. The van der Waals surface area contributed by atoms with Gasteiger partial charge in [-0.1, -0.05) is 13.0 Å². The van der Waals surface area contributed by atoms with Crippen molar-refractivity contribution in [3.63, 3.8) is 0 Å². The van der Waals surface area contributed by atoms with Crippen molar-refractivity contribution in [1.82, 2.24) is 0 Å². The first kappa shape index (κ1) is 6.21. The van der Waals surface area contributed by atoms with E-state index in [2.05, 4.69) is 0 Å². The van der Waals surface area contributed by atoms with Crippen LogP contribution in [0.4, 0.5) is 0 Å². The van der Waals surface area contributed by atoms with Gasteiger partial charge < -0.3 is 11.1 Å². The van der Waals surface area contributed by atoms with Crippen LogP contribution in [0.1, 0.15) is 6.92 Å². The van der Waals surface area contributed by atoms with Gasteiger partial charge in [0.1, 0.15) is 0 Å². The van der Waals surface area contributed by atoms with Gasteiger partial charge in [-0.3, -0.25) is 0 Å². The van der Waals surface area contributed by atoms with Gasteiger partial charge in [0.15, 0.2) is 0 Å². The van der Waals surface area contributed by atoms with E-state index in [0.29, 0.717) is 0 Å². The monoisotopic (exact) mass is 98.1 g/mol. The van der Waals surface area contributed by atoms with E-state index in [1.165, 1.54) is 12.4 Å². The van der Waals surface area contributed by atoms with Gasteiger partial charge in [-0.25, -0.2) is 0 Å². The van der Waals surface area contributed by atoms with Crippen molar-refractivity contribution in [2.75, 3.05) is 0 Å². The summed E-state index contributed by atoms with van der Waals surface area (Å²) in [4.78, 5) is 0. The maximum Gasteiger partial charge on any atom is 0.0104 e. The van der Waals surface area contributed by atoms with E-state index >= 15 is 0 Å². The SMILES string of the molecule is C[C@H](C=N)C=CN. The zero-order valence-electron chi connectivity index (χ0n) is 4.39. The van der Waals surface area contributed by atoms with Gasteiger partial charge in [-0.2, -0.15) is 0 Å². The second kappa shape index (κ2) is 3.40. The fourth-order valence-corrected chi connectivity index (χ4v) is 0.231. The molecule has 0 radical (unpaired) electrons. The fraction of sp³-hybridized carbons (Fsp3) is 0.400. The zero-order chi connectivity index (χ0) is 5.70. The second-order valence-corrected chi connectivity index (χ2v) is 1.41. The summed E-state index contributed by atoms with van der Waals surface area (Å²) in [5.74, 6) is 0.185. The lowest BCUT2D eigenvalue weighted by Crippen LogP contribution is -1.89. The Labute approximate surface area is 43.5 Å². The van der Waals surface area contributed by atoms with Gasteiger partial charge in [-0.15, -0.1) is 0 Å². The lowest BCUT2D eigenvalue weighted by Gasteiger charge is -1.88. The topological polar surface area (TPSA) is 49.9 Å². The minimum absolute atomic E-state index is 0.185. The lowest BCUT2D eigenvalue weighted by molar-refractivity contribution is 1.01. The summed E-state index contributed by atoms with van der Waals surface area (Å²) in [6.07, 6.45) is 4.55. The van der Waals surface area contributed by atoms with Crippen molar-refractivity contribution in [3.05, 3.63) is 12.3 Å². The molecule has 0 aliphatic heterocycles. The van der Waals surface area contributed by atoms with Crippen molar-refractivity contribution in [2.24, 2.45) is 11.7 Å². The van der Waals surface area contributed by atoms with Crippen molar-refractivity contribution >= 4 is 6.21 Å². The van der Waals surface area contributed by atoms with E-state index in [1.54, 1.807) is 6.08 Å². The highest BCUT2D eigenvalue weighted by Gasteiger charge is 1.83. The molecular weight excluding hydrogens is 88.1 g/mol. The molecule has 0 aromatic rings. The van der Waals surface area contributed by atoms with Crippen LogP contribution < -0.4 is 5.73 Å². The Morgan fingerprint density at radius 1 is 1.71 bits per heavy atom. The van der Waals surface area contributed by atoms with Crippen LogP contribution >= 0.6 is 0 Å². The third-order valence-corrected chi connectivity index (χ3v) is 0.678. The highest BCUT2D eigenvalue weighted by atomic mass is 14.5. The molecule has 0 bridgehead atoms. The van der Waals surface area contributed by atoms with Crippen LogP contribution in [0, 0.1) is 11.3 Å². The molecule has 0 unspecified atom stereocenters. The first-order valence-electron chi connectivity index (χ1n) is 2.20. The number of hydrogen-bond donors (Lipinski definition) is 2. The largest absolute Gasteiger partial charge is 0.405 e. The molecule has 0 amide bonds. The molecule has 1 atom stereocenters. The van der Waals surface area contributed by atoms with E-state index in [4.69, 9.17) is 11.1 Å². The summed E-state index contributed by atoms with van der Waals surface area (Å²) in [6.45, 7) is 1.90. The van der Waals surface area contributed by atoms with Crippen molar-refractivity contribution in [2.45, 2.75) is 6.92 Å². The highest BCUT2D eigenvalue weighted by Crippen LogP contribution is 1.87. The quantitative estimate of drug-likeness (QED) is 0.492. The molecule has 0 rings (SSSR count). The third-order valence-electron chi connectivity index (χ3n) is 0.678. The summed E-state index contributed by atoms with van der Waals surface area (Å²) < 4.78 is 0. The lowest BCUT2D eigenvalue weighted by atomic mass is 10.2. The summed E-state index contributed by atoms with van der Waals surface area (Å²) in [5.41, 5.74) is 5.02. The summed E-state index contributed by atoms with van der Waals surface area (Å²) in [6, 6.07) is 0. The van der Waals surface area contributed by atoms with Crippen LogP contribution in [0.15, 0.2) is 12.3 Å². The highest BCUT2D eigenvalue weighted by molar-refractivity contribution is 5.58. The Morgan fingerprint density at radius 3 is 2.43 bits per heavy atom. The Kier molecular flexibility index (Phi) is 3.02. The van der Waals surface area contributed by atoms with Crippen molar-refractivity contribution < 1.29 is 0 Å². The van der Waals surface area contributed by atoms with E-state index in [-0.39, 0.29) is 5.92 Å². The van der Waals surface area contributed by atoms with Crippen LogP contribution in [0.25, 0.3) is 0 Å². The number of allylic oxidation sites excluding steroid dienone is 1. The molecular formula is C5H10N2. The number of nitrogens with one attached hydrogen (secondary N) is 1. The van der Waals surface area contributed by atoms with Crippen LogP contribution in [0.2, 0.25) is 0 Å². The molecule has 0 aliphatic carbocycles. The summed E-state index contributed by atoms with van der Waals surface area (Å²) in [5, 5.41) is 6.68. The number of rotatable bonds is 2. The number of hydrogen-bond acceptors (Lipinski definition) is 2. The molecule has 40 valence electrons. The van der Waals surface area contributed by atoms with E-state index < -0.39 is 0 Å². The van der Waals surface area contributed by atoms with E-state index in [9.17, 15) is 0 Å². The van der Waals surface area contributed by atoms with Gasteiger partial charge >= 0.3 is 0 Å². The molecule has 2 nitrogen and oxygen atoms in total. The molecule has 0 aromatic carbocycles. The minimum atomic E-state index is 0.185. The van der Waals surface area contributed by atoms with Crippen LogP contribution in [-0.4, -0.2) is 6.21 Å². The first-order valence-corrected chi connectivity index (χ1v) is 2.20. The smallest absolute Gasteiger partial charge is 0.0104 e. The van der Waals surface area contributed by atoms with Gasteiger partial charge in [0.05, 0.1) is 0 Å². The second-order valence-electron chi connectivity index (χ2n) is 1.41. The van der Waals surface area contributed by atoms with E-state index in [0.717, 1.165) is 0 Å². The predicted octanol–water partition coefficient (Wildman–Crippen LogP) is 0.744. The Bertz CT molecular complexity index is 76.1. The molecule has 0 aromatic heterocycles. The maximum atomic E-state index is 6.68. The minimum Gasteiger partial charge on any atom is -0.405 e. The van der Waals surface area contributed by atoms with Crippen LogP contribution in [0.3, 0.4) is 0 Å². The summed E-state index contributed by atoms with van der Waals surface area (Å²) in [7, 11) is 0. The standard InChI is InChI=1S/C5H10N2/c1-5(4-7)2-3-6/h2-5,7H,6H2,1H3/t5-/m0/s1. The average Bonchev–Trinajstić information content (AvgIpc) is 1.68.